The summed E-state index contributed by atoms with van der Waals surface area (Å²) in [4.78, 5) is 23.5. The number of carboxylic acids is 1. The lowest BCUT2D eigenvalue weighted by Crippen LogP contribution is -2.51. The highest BCUT2D eigenvalue weighted by Crippen LogP contribution is 2.15. The van der Waals surface area contributed by atoms with Gasteiger partial charge in [-0.1, -0.05) is 71.1 Å². The molecule has 0 saturated heterocycles. The summed E-state index contributed by atoms with van der Waals surface area (Å²) in [7, 11) is 5.55. The van der Waals surface area contributed by atoms with Crippen LogP contribution in [-0.4, -0.2) is 55.1 Å². The van der Waals surface area contributed by atoms with Gasteiger partial charge in [0.15, 0.2) is 0 Å². The van der Waals surface area contributed by atoms with Crippen LogP contribution in [0.15, 0.2) is 0 Å². The Labute approximate surface area is 160 Å². The predicted octanol–water partition coefficient (Wildman–Crippen LogP) is 2.69. The summed E-state index contributed by atoms with van der Waals surface area (Å²) in [6.07, 6.45) is 12.0. The maximum Gasteiger partial charge on any atom is 0.144 e. The first-order valence-electron chi connectivity index (χ1n) is 10.4. The molecule has 0 aromatic carbocycles. The van der Waals surface area contributed by atoms with Crippen molar-refractivity contribution in [1.29, 1.82) is 0 Å². The van der Waals surface area contributed by atoms with E-state index in [-0.39, 0.29) is 13.0 Å². The lowest BCUT2D eigenvalue weighted by atomic mass is 9.93. The molecule has 0 aliphatic rings. The van der Waals surface area contributed by atoms with Crippen LogP contribution in [-0.2, 0) is 9.59 Å². The first kappa shape index (κ1) is 25.1. The van der Waals surface area contributed by atoms with Gasteiger partial charge in [-0.25, -0.2) is 0 Å². The molecule has 0 radical (unpaired) electrons. The van der Waals surface area contributed by atoms with Crippen molar-refractivity contribution in [1.82, 2.24) is 0 Å². The van der Waals surface area contributed by atoms with E-state index < -0.39 is 23.8 Å². The second kappa shape index (κ2) is 14.2. The molecule has 0 heterocycles. The van der Waals surface area contributed by atoms with E-state index in [1.54, 1.807) is 0 Å². The van der Waals surface area contributed by atoms with E-state index in [2.05, 4.69) is 6.92 Å². The van der Waals surface area contributed by atoms with Crippen LogP contribution in [0.1, 0.15) is 84.0 Å². The number of carboxylic acid groups (broad SMARTS) is 1. The molecule has 0 amide bonds. The van der Waals surface area contributed by atoms with Gasteiger partial charge in [0, 0.05) is 6.42 Å². The third kappa shape index (κ3) is 13.3. The molecule has 2 unspecified atom stereocenters. The number of carbonyl (C=O) groups excluding carboxylic acids is 2. The molecule has 0 saturated carbocycles. The minimum Gasteiger partial charge on any atom is -0.549 e. The number of aliphatic hydroxyl groups excluding tert-OH is 1. The SMILES string of the molecule is CCCCCCCCCCCCCC(=O)C(C(=O)[O-])C(O)C[N+](C)(C)C. The molecule has 2 atom stereocenters. The summed E-state index contributed by atoms with van der Waals surface area (Å²) in [6, 6.07) is 0. The standard InChI is InChI=1S/C21H41NO4/c1-5-6-7-8-9-10-11-12-13-14-15-16-18(23)20(21(25)26)19(24)17-22(2,3)4/h19-20,24H,5-17H2,1-4H3. The van der Waals surface area contributed by atoms with Gasteiger partial charge in [-0.3, -0.25) is 4.79 Å². The number of unbranched alkanes of at least 4 members (excludes halogenated alkanes) is 10. The number of likely N-dealkylation sites (N-methyl/N-ethyl adjacent to an activating group) is 1. The maximum atomic E-state index is 12.2. The number of ketones is 1. The van der Waals surface area contributed by atoms with Crippen LogP contribution < -0.4 is 5.11 Å². The van der Waals surface area contributed by atoms with Gasteiger partial charge < -0.3 is 19.5 Å². The van der Waals surface area contributed by atoms with Crippen LogP contribution in [0.5, 0.6) is 0 Å². The Hall–Kier alpha value is -0.940. The fourth-order valence-electron chi connectivity index (χ4n) is 3.29. The molecule has 0 rings (SSSR count). The first-order chi connectivity index (χ1) is 12.2. The van der Waals surface area contributed by atoms with Gasteiger partial charge in [0.25, 0.3) is 0 Å². The van der Waals surface area contributed by atoms with Crippen molar-refractivity contribution in [2.24, 2.45) is 5.92 Å². The van der Waals surface area contributed by atoms with Crippen molar-refractivity contribution in [2.45, 2.75) is 90.1 Å². The summed E-state index contributed by atoms with van der Waals surface area (Å²) >= 11 is 0. The Bertz CT molecular complexity index is 390. The Kier molecular flexibility index (Phi) is 13.6. The van der Waals surface area contributed by atoms with Crippen LogP contribution in [0.25, 0.3) is 0 Å². The zero-order valence-corrected chi connectivity index (χ0v) is 17.5. The quantitative estimate of drug-likeness (QED) is 0.242. The Balaban J connectivity index is 3.89. The number of hydrogen-bond donors (Lipinski definition) is 1. The summed E-state index contributed by atoms with van der Waals surface area (Å²) < 4.78 is 0.399. The van der Waals surface area contributed by atoms with Crippen molar-refractivity contribution >= 4 is 11.8 Å². The van der Waals surface area contributed by atoms with E-state index in [9.17, 15) is 19.8 Å². The first-order valence-corrected chi connectivity index (χ1v) is 10.4. The van der Waals surface area contributed by atoms with E-state index in [0.717, 1.165) is 12.8 Å². The van der Waals surface area contributed by atoms with Crippen molar-refractivity contribution in [3.63, 3.8) is 0 Å². The van der Waals surface area contributed by atoms with E-state index in [1.165, 1.54) is 51.4 Å². The van der Waals surface area contributed by atoms with Gasteiger partial charge in [-0.15, -0.1) is 0 Å². The highest BCUT2D eigenvalue weighted by Gasteiger charge is 2.31. The van der Waals surface area contributed by atoms with Gasteiger partial charge in [-0.05, 0) is 6.42 Å². The van der Waals surface area contributed by atoms with Gasteiger partial charge in [0.05, 0.1) is 33.0 Å². The molecule has 5 nitrogen and oxygen atoms in total. The molecule has 0 spiro atoms. The fraction of sp³-hybridized carbons (Fsp3) is 0.905. The van der Waals surface area contributed by atoms with Crippen LogP contribution in [0.3, 0.4) is 0 Å². The summed E-state index contributed by atoms with van der Waals surface area (Å²) in [5, 5.41) is 21.4. The van der Waals surface area contributed by atoms with Crippen LogP contribution in [0.4, 0.5) is 0 Å². The number of aliphatic carboxylic acids is 1. The topological polar surface area (TPSA) is 77.4 Å². The molecule has 0 aromatic rings. The smallest absolute Gasteiger partial charge is 0.144 e. The van der Waals surface area contributed by atoms with Gasteiger partial charge >= 0.3 is 0 Å². The number of hydrogen-bond acceptors (Lipinski definition) is 4. The number of quaternary nitrogens is 1. The lowest BCUT2D eigenvalue weighted by Gasteiger charge is -2.30. The van der Waals surface area contributed by atoms with Gasteiger partial charge in [0.1, 0.15) is 18.4 Å². The number of nitrogens with zero attached hydrogens (tertiary/aromatic N) is 1. The number of aliphatic hydroxyl groups is 1. The molecular weight excluding hydrogens is 330 g/mol. The molecule has 0 aliphatic carbocycles. The van der Waals surface area contributed by atoms with Crippen molar-refractivity contribution in [2.75, 3.05) is 27.7 Å². The monoisotopic (exact) mass is 371 g/mol. The zero-order valence-electron chi connectivity index (χ0n) is 17.5. The molecule has 1 N–H and O–H groups in total. The van der Waals surface area contributed by atoms with Crippen LogP contribution >= 0.6 is 0 Å². The summed E-state index contributed by atoms with van der Waals surface area (Å²) in [5.41, 5.74) is 0. The summed E-state index contributed by atoms with van der Waals surface area (Å²) in [5.74, 6) is -3.27. The predicted molar refractivity (Wildman–Crippen MR) is 103 cm³/mol. The molecule has 0 aliphatic heterocycles. The minimum atomic E-state index is -1.46. The summed E-state index contributed by atoms with van der Waals surface area (Å²) in [6.45, 7) is 2.44. The second-order valence-corrected chi connectivity index (χ2v) is 8.59. The highest BCUT2D eigenvalue weighted by atomic mass is 16.4. The normalized spacial score (nSPS) is 14.2. The van der Waals surface area contributed by atoms with Crippen molar-refractivity contribution in [3.05, 3.63) is 0 Å². The third-order valence-corrected chi connectivity index (χ3v) is 4.75. The average Bonchev–Trinajstić information content (AvgIpc) is 2.50. The fourth-order valence-corrected chi connectivity index (χ4v) is 3.29. The molecule has 26 heavy (non-hydrogen) atoms. The van der Waals surface area contributed by atoms with E-state index in [1.807, 2.05) is 21.1 Å². The maximum absolute atomic E-state index is 12.2. The lowest BCUT2D eigenvalue weighted by molar-refractivity contribution is -0.873. The second-order valence-electron chi connectivity index (χ2n) is 8.59. The van der Waals surface area contributed by atoms with Crippen molar-refractivity contribution < 1.29 is 24.3 Å². The molecule has 154 valence electrons. The number of Topliss-reactive ketones (excluding diaryl/α,β-unsaturated/α-hetero) is 1. The highest BCUT2D eigenvalue weighted by molar-refractivity contribution is 5.98. The largest absolute Gasteiger partial charge is 0.549 e. The van der Waals surface area contributed by atoms with Crippen molar-refractivity contribution in [3.8, 4) is 0 Å². The number of carbonyl (C=O) groups is 2. The zero-order chi connectivity index (χ0) is 20.0. The molecular formula is C21H41NO4. The third-order valence-electron chi connectivity index (χ3n) is 4.75. The number of rotatable bonds is 17. The molecule has 5 heteroatoms. The minimum absolute atomic E-state index is 0.211. The molecule has 0 bridgehead atoms. The molecule has 0 aromatic heterocycles. The Morgan fingerprint density at radius 1 is 0.846 bits per heavy atom. The van der Waals surface area contributed by atoms with Gasteiger partial charge in [-0.2, -0.15) is 0 Å². The van der Waals surface area contributed by atoms with Crippen LogP contribution in [0.2, 0.25) is 0 Å². The van der Waals surface area contributed by atoms with E-state index in [0.29, 0.717) is 10.9 Å². The van der Waals surface area contributed by atoms with Crippen LogP contribution in [0, 0.1) is 5.92 Å². The van der Waals surface area contributed by atoms with E-state index in [4.69, 9.17) is 0 Å². The Morgan fingerprint density at radius 3 is 1.65 bits per heavy atom. The Morgan fingerprint density at radius 2 is 1.27 bits per heavy atom. The average molecular weight is 372 g/mol. The van der Waals surface area contributed by atoms with Gasteiger partial charge in [0.2, 0.25) is 0 Å². The molecule has 0 fully saturated rings. The van der Waals surface area contributed by atoms with E-state index >= 15 is 0 Å².